The van der Waals surface area contributed by atoms with Crippen LogP contribution >= 0.6 is 11.8 Å². The van der Waals surface area contributed by atoms with E-state index in [1.54, 1.807) is 6.92 Å². The molecule has 0 radical (unpaired) electrons. The fraction of sp³-hybridized carbons (Fsp3) is 0.333. The standard InChI is InChI=1S/C6H6N4OS/c1-4-5(11)8-6(10-9-4)12-3-2-7/h3H2,1H3,(H,8,10,11). The molecule has 0 spiro atoms. The monoisotopic (exact) mass is 182 g/mol. The van der Waals surface area contributed by atoms with Gasteiger partial charge in [0.2, 0.25) is 0 Å². The summed E-state index contributed by atoms with van der Waals surface area (Å²) in [4.78, 5) is 13.4. The van der Waals surface area contributed by atoms with Crippen molar-refractivity contribution in [1.82, 2.24) is 15.2 Å². The van der Waals surface area contributed by atoms with Crippen molar-refractivity contribution in [3.8, 4) is 6.07 Å². The van der Waals surface area contributed by atoms with E-state index in [-0.39, 0.29) is 11.3 Å². The van der Waals surface area contributed by atoms with Gasteiger partial charge < -0.3 is 0 Å². The zero-order chi connectivity index (χ0) is 8.97. The maximum Gasteiger partial charge on any atom is 0.273 e. The highest BCUT2D eigenvalue weighted by Crippen LogP contribution is 2.07. The van der Waals surface area contributed by atoms with Crippen molar-refractivity contribution in [2.75, 3.05) is 5.75 Å². The Balaban J connectivity index is 2.84. The molecule has 0 amide bonds. The molecule has 6 heteroatoms. The van der Waals surface area contributed by atoms with Crippen LogP contribution in [-0.4, -0.2) is 20.9 Å². The lowest BCUT2D eigenvalue weighted by molar-refractivity contribution is 0.790. The maximum absolute atomic E-state index is 10.9. The van der Waals surface area contributed by atoms with Crippen LogP contribution in [0.4, 0.5) is 0 Å². The first-order chi connectivity index (χ1) is 5.74. The number of aromatic amines is 1. The zero-order valence-corrected chi connectivity index (χ0v) is 7.18. The lowest BCUT2D eigenvalue weighted by Crippen LogP contribution is -2.14. The zero-order valence-electron chi connectivity index (χ0n) is 6.37. The van der Waals surface area contributed by atoms with Crippen molar-refractivity contribution in [3.05, 3.63) is 16.0 Å². The van der Waals surface area contributed by atoms with Crippen LogP contribution in [0.5, 0.6) is 0 Å². The van der Waals surface area contributed by atoms with Gasteiger partial charge in [0.15, 0.2) is 5.16 Å². The first-order valence-corrected chi connectivity index (χ1v) is 4.16. The second kappa shape index (κ2) is 3.88. The average Bonchev–Trinajstić information content (AvgIpc) is 2.07. The molecule has 0 bridgehead atoms. The second-order valence-electron chi connectivity index (χ2n) is 1.99. The van der Waals surface area contributed by atoms with Gasteiger partial charge in [-0.15, -0.1) is 10.2 Å². The Labute approximate surface area is 72.8 Å². The molecule has 1 aromatic heterocycles. The topological polar surface area (TPSA) is 82.4 Å². The number of nitrogens with one attached hydrogen (secondary N) is 1. The molecule has 62 valence electrons. The third kappa shape index (κ3) is 2.07. The van der Waals surface area contributed by atoms with Gasteiger partial charge >= 0.3 is 0 Å². The molecule has 1 N–H and O–H groups in total. The summed E-state index contributed by atoms with van der Waals surface area (Å²) in [6.45, 7) is 1.57. The molecule has 0 aromatic carbocycles. The Morgan fingerprint density at radius 3 is 3.00 bits per heavy atom. The van der Waals surface area contributed by atoms with Crippen LogP contribution < -0.4 is 5.56 Å². The van der Waals surface area contributed by atoms with Gasteiger partial charge in [-0.2, -0.15) is 5.26 Å². The minimum absolute atomic E-state index is 0.258. The van der Waals surface area contributed by atoms with E-state index in [2.05, 4.69) is 15.2 Å². The summed E-state index contributed by atoms with van der Waals surface area (Å²) in [5.74, 6) is 0.258. The third-order valence-electron chi connectivity index (χ3n) is 1.11. The van der Waals surface area contributed by atoms with Crippen LogP contribution in [-0.2, 0) is 0 Å². The van der Waals surface area contributed by atoms with E-state index in [1.807, 2.05) is 6.07 Å². The van der Waals surface area contributed by atoms with Gasteiger partial charge in [-0.1, -0.05) is 11.8 Å². The number of hydrogen-bond donors (Lipinski definition) is 1. The molecule has 0 fully saturated rings. The third-order valence-corrected chi connectivity index (χ3v) is 1.84. The normalized spacial score (nSPS) is 9.33. The minimum atomic E-state index is -0.259. The van der Waals surface area contributed by atoms with Gasteiger partial charge in [0.25, 0.3) is 5.56 Å². The average molecular weight is 182 g/mol. The number of hydrogen-bond acceptors (Lipinski definition) is 5. The quantitative estimate of drug-likeness (QED) is 0.655. The van der Waals surface area contributed by atoms with E-state index >= 15 is 0 Å². The highest BCUT2D eigenvalue weighted by Gasteiger charge is 1.99. The summed E-state index contributed by atoms with van der Waals surface area (Å²) in [7, 11) is 0. The van der Waals surface area contributed by atoms with E-state index in [0.717, 1.165) is 11.8 Å². The summed E-state index contributed by atoms with van der Waals surface area (Å²) in [6.07, 6.45) is 0. The van der Waals surface area contributed by atoms with E-state index in [9.17, 15) is 4.79 Å². The van der Waals surface area contributed by atoms with Gasteiger partial charge in [-0.3, -0.25) is 9.78 Å². The molecule has 0 saturated carbocycles. The van der Waals surface area contributed by atoms with Crippen molar-refractivity contribution in [2.24, 2.45) is 0 Å². The van der Waals surface area contributed by atoms with Gasteiger partial charge in [0.1, 0.15) is 5.69 Å². The van der Waals surface area contributed by atoms with Crippen LogP contribution in [0.25, 0.3) is 0 Å². The molecule has 5 nitrogen and oxygen atoms in total. The molecule has 0 atom stereocenters. The summed E-state index contributed by atoms with van der Waals surface area (Å²) in [5, 5.41) is 15.9. The van der Waals surface area contributed by atoms with Crippen LogP contribution in [0.1, 0.15) is 5.69 Å². The number of nitrogens with zero attached hydrogens (tertiary/aromatic N) is 3. The van der Waals surface area contributed by atoms with E-state index in [1.165, 1.54) is 0 Å². The predicted octanol–water partition coefficient (Wildman–Crippen LogP) is 0.0890. The number of rotatable bonds is 2. The fourth-order valence-electron chi connectivity index (χ4n) is 0.544. The SMILES string of the molecule is Cc1nnc(SCC#N)[nH]c1=O. The molecule has 0 unspecified atom stereocenters. The maximum atomic E-state index is 10.9. The Bertz CT molecular complexity index is 367. The number of H-pyrrole nitrogens is 1. The second-order valence-corrected chi connectivity index (χ2v) is 2.96. The minimum Gasteiger partial charge on any atom is -0.298 e. The first kappa shape index (κ1) is 8.74. The van der Waals surface area contributed by atoms with Gasteiger partial charge in [0, 0.05) is 0 Å². The van der Waals surface area contributed by atoms with Crippen LogP contribution in [0.2, 0.25) is 0 Å². The molecule has 1 rings (SSSR count). The lowest BCUT2D eigenvalue weighted by Gasteiger charge is -1.93. The van der Waals surface area contributed by atoms with Crippen LogP contribution in [0.15, 0.2) is 9.95 Å². The molecule has 0 aliphatic carbocycles. The fourth-order valence-corrected chi connectivity index (χ4v) is 1.01. The van der Waals surface area contributed by atoms with Gasteiger partial charge in [-0.25, -0.2) is 0 Å². The van der Waals surface area contributed by atoms with E-state index < -0.39 is 0 Å². The highest BCUT2D eigenvalue weighted by molar-refractivity contribution is 7.99. The Hall–Kier alpha value is -1.35. The molecular formula is C6H6N4OS. The van der Waals surface area contributed by atoms with Crippen molar-refractivity contribution >= 4 is 11.8 Å². The number of nitriles is 1. The Morgan fingerprint density at radius 2 is 2.42 bits per heavy atom. The molecule has 1 heterocycles. The van der Waals surface area contributed by atoms with Crippen LogP contribution in [0.3, 0.4) is 0 Å². The molecule has 0 aliphatic heterocycles. The molecular weight excluding hydrogens is 176 g/mol. The number of aromatic nitrogens is 3. The van der Waals surface area contributed by atoms with Gasteiger partial charge in [-0.05, 0) is 6.92 Å². The summed E-state index contributed by atoms with van der Waals surface area (Å²) >= 11 is 1.15. The predicted molar refractivity (Wildman–Crippen MR) is 43.7 cm³/mol. The van der Waals surface area contributed by atoms with E-state index in [0.29, 0.717) is 10.9 Å². The molecule has 1 aromatic rings. The van der Waals surface area contributed by atoms with Crippen molar-refractivity contribution in [2.45, 2.75) is 12.1 Å². The molecule has 12 heavy (non-hydrogen) atoms. The number of aryl methyl sites for hydroxylation is 1. The molecule has 0 saturated heterocycles. The Morgan fingerprint density at radius 1 is 1.67 bits per heavy atom. The first-order valence-electron chi connectivity index (χ1n) is 3.17. The van der Waals surface area contributed by atoms with E-state index in [4.69, 9.17) is 5.26 Å². The number of thioether (sulfide) groups is 1. The summed E-state index contributed by atoms with van der Waals surface area (Å²) in [6, 6.07) is 1.92. The lowest BCUT2D eigenvalue weighted by atomic mass is 10.5. The smallest absolute Gasteiger partial charge is 0.273 e. The highest BCUT2D eigenvalue weighted by atomic mass is 32.2. The summed E-state index contributed by atoms with van der Waals surface area (Å²) < 4.78 is 0. The van der Waals surface area contributed by atoms with Crippen LogP contribution in [0, 0.1) is 18.3 Å². The van der Waals surface area contributed by atoms with Crippen molar-refractivity contribution in [1.29, 1.82) is 5.26 Å². The van der Waals surface area contributed by atoms with Crippen molar-refractivity contribution < 1.29 is 0 Å². The van der Waals surface area contributed by atoms with Crippen molar-refractivity contribution in [3.63, 3.8) is 0 Å². The Kier molecular flexibility index (Phi) is 2.82. The largest absolute Gasteiger partial charge is 0.298 e. The van der Waals surface area contributed by atoms with Gasteiger partial charge in [0.05, 0.1) is 11.8 Å². The summed E-state index contributed by atoms with van der Waals surface area (Å²) in [5.41, 5.74) is 0.0711. The molecule has 0 aliphatic rings.